The van der Waals surface area contributed by atoms with Crippen LogP contribution in [0.25, 0.3) is 0 Å². The molecule has 0 heterocycles. The first kappa shape index (κ1) is 4.94. The molecule has 4 N–H and O–H groups in total. The predicted octanol–water partition coefficient (Wildman–Crippen LogP) is -0.618. The fraction of sp³-hybridized carbons (Fsp3) is 0. The second-order valence-electron chi connectivity index (χ2n) is 0.669. The first-order chi connectivity index (χ1) is 2.81. The molecule has 0 aromatic carbocycles. The summed E-state index contributed by atoms with van der Waals surface area (Å²) in [6.07, 6.45) is 0.750. The van der Waals surface area contributed by atoms with Crippen LogP contribution in [-0.4, -0.2) is 17.3 Å². The standard InChI is InChI=1S/C2H5N3O/c3-1-2(4)5-6/h1,3,6H,(H2,4,5). The van der Waals surface area contributed by atoms with E-state index in [-0.39, 0.29) is 5.84 Å². The van der Waals surface area contributed by atoms with Crippen molar-refractivity contribution in [2.45, 2.75) is 0 Å². The van der Waals surface area contributed by atoms with Gasteiger partial charge in [-0.05, 0) is 0 Å². The van der Waals surface area contributed by atoms with Gasteiger partial charge in [-0.25, -0.2) is 0 Å². The van der Waals surface area contributed by atoms with Gasteiger partial charge < -0.3 is 16.4 Å². The van der Waals surface area contributed by atoms with E-state index in [0.717, 1.165) is 6.21 Å². The normalized spacial score (nSPS) is 11.0. The third-order valence-electron chi connectivity index (χ3n) is 0.263. The molecular weight excluding hydrogens is 82.0 g/mol. The van der Waals surface area contributed by atoms with Gasteiger partial charge in [0.2, 0.25) is 0 Å². The van der Waals surface area contributed by atoms with Crippen LogP contribution in [-0.2, 0) is 0 Å². The fourth-order valence-electron chi connectivity index (χ4n) is 0.0289. The summed E-state index contributed by atoms with van der Waals surface area (Å²) in [6.45, 7) is 0. The quantitative estimate of drug-likeness (QED) is 0.172. The number of nitrogens with one attached hydrogen (secondary N) is 1. The van der Waals surface area contributed by atoms with E-state index in [2.05, 4.69) is 5.16 Å². The molecule has 0 atom stereocenters. The summed E-state index contributed by atoms with van der Waals surface area (Å²) in [5.41, 5.74) is 4.73. The molecule has 0 saturated heterocycles. The molecule has 4 nitrogen and oxygen atoms in total. The number of amidine groups is 1. The van der Waals surface area contributed by atoms with Crippen LogP contribution in [0, 0.1) is 5.41 Å². The van der Waals surface area contributed by atoms with Crippen molar-refractivity contribution in [2.75, 3.05) is 0 Å². The SMILES string of the molecule is N=C/C(N)=N\O. The Kier molecular flexibility index (Phi) is 1.81. The average molecular weight is 87.1 g/mol. The summed E-state index contributed by atoms with van der Waals surface area (Å²) in [4.78, 5) is 0. The highest BCUT2D eigenvalue weighted by Gasteiger charge is 1.73. The van der Waals surface area contributed by atoms with E-state index in [9.17, 15) is 0 Å². The zero-order valence-corrected chi connectivity index (χ0v) is 3.05. The van der Waals surface area contributed by atoms with E-state index in [4.69, 9.17) is 16.4 Å². The maximum atomic E-state index is 7.65. The maximum absolute atomic E-state index is 7.65. The first-order valence-corrected chi connectivity index (χ1v) is 1.29. The number of hydrogen-bond donors (Lipinski definition) is 3. The molecule has 34 valence electrons. The Morgan fingerprint density at radius 1 is 2.00 bits per heavy atom. The van der Waals surface area contributed by atoms with Crippen LogP contribution in [0.1, 0.15) is 0 Å². The molecule has 0 aliphatic rings. The summed E-state index contributed by atoms with van der Waals surface area (Å²) in [5, 5.41) is 16.4. The van der Waals surface area contributed by atoms with Crippen LogP contribution in [0.3, 0.4) is 0 Å². The molecule has 0 amide bonds. The monoisotopic (exact) mass is 87.0 g/mol. The topological polar surface area (TPSA) is 82.5 Å². The third-order valence-corrected chi connectivity index (χ3v) is 0.263. The zero-order chi connectivity index (χ0) is 4.99. The molecule has 0 aliphatic carbocycles. The average Bonchev–Trinajstić information content (AvgIpc) is 1.65. The summed E-state index contributed by atoms with van der Waals surface area (Å²) in [7, 11) is 0. The lowest BCUT2D eigenvalue weighted by Gasteiger charge is -1.75. The number of oxime groups is 1. The van der Waals surface area contributed by atoms with Crippen LogP contribution >= 0.6 is 0 Å². The maximum Gasteiger partial charge on any atom is 0.180 e. The van der Waals surface area contributed by atoms with Crippen molar-refractivity contribution in [3.05, 3.63) is 0 Å². The Balaban J connectivity index is 3.50. The van der Waals surface area contributed by atoms with Crippen LogP contribution in [0.15, 0.2) is 5.16 Å². The van der Waals surface area contributed by atoms with Crippen molar-refractivity contribution in [2.24, 2.45) is 10.9 Å². The minimum atomic E-state index is -0.185. The summed E-state index contributed by atoms with van der Waals surface area (Å²) < 4.78 is 0. The van der Waals surface area contributed by atoms with Gasteiger partial charge in [0.15, 0.2) is 5.84 Å². The van der Waals surface area contributed by atoms with Crippen LogP contribution in [0.5, 0.6) is 0 Å². The van der Waals surface area contributed by atoms with E-state index in [0.29, 0.717) is 0 Å². The van der Waals surface area contributed by atoms with Gasteiger partial charge in [-0.3, -0.25) is 0 Å². The Labute approximate surface area is 34.8 Å². The van der Waals surface area contributed by atoms with Gasteiger partial charge in [0.1, 0.15) is 0 Å². The highest BCUT2D eigenvalue weighted by Crippen LogP contribution is 1.50. The minimum absolute atomic E-state index is 0.185. The second kappa shape index (κ2) is 2.19. The molecule has 0 rings (SSSR count). The van der Waals surface area contributed by atoms with Crippen molar-refractivity contribution in [1.82, 2.24) is 0 Å². The van der Waals surface area contributed by atoms with E-state index in [1.54, 1.807) is 0 Å². The predicted molar refractivity (Wildman–Crippen MR) is 22.2 cm³/mol. The van der Waals surface area contributed by atoms with Crippen molar-refractivity contribution >= 4 is 12.1 Å². The van der Waals surface area contributed by atoms with Gasteiger partial charge in [-0.2, -0.15) is 0 Å². The molecule has 0 saturated carbocycles. The molecule has 0 aliphatic heterocycles. The molecule has 0 aromatic rings. The van der Waals surface area contributed by atoms with E-state index >= 15 is 0 Å². The fourth-order valence-corrected chi connectivity index (χ4v) is 0.0289. The number of rotatable bonds is 1. The van der Waals surface area contributed by atoms with E-state index in [1.165, 1.54) is 0 Å². The van der Waals surface area contributed by atoms with Gasteiger partial charge >= 0.3 is 0 Å². The second-order valence-corrected chi connectivity index (χ2v) is 0.669. The Morgan fingerprint density at radius 2 is 2.50 bits per heavy atom. The zero-order valence-electron chi connectivity index (χ0n) is 3.05. The lowest BCUT2D eigenvalue weighted by Crippen LogP contribution is -2.11. The lowest BCUT2D eigenvalue weighted by atomic mass is 10.7. The molecule has 0 radical (unpaired) electrons. The molecule has 0 bridgehead atoms. The van der Waals surface area contributed by atoms with Crippen molar-refractivity contribution in [1.29, 1.82) is 5.41 Å². The van der Waals surface area contributed by atoms with Gasteiger partial charge in [0.05, 0.1) is 6.21 Å². The van der Waals surface area contributed by atoms with E-state index < -0.39 is 0 Å². The Morgan fingerprint density at radius 3 is 2.50 bits per heavy atom. The van der Waals surface area contributed by atoms with Crippen LogP contribution in [0.4, 0.5) is 0 Å². The highest BCUT2D eigenvalue weighted by atomic mass is 16.4. The highest BCUT2D eigenvalue weighted by molar-refractivity contribution is 6.27. The third kappa shape index (κ3) is 1.28. The van der Waals surface area contributed by atoms with Gasteiger partial charge in [0.25, 0.3) is 0 Å². The number of hydrogen-bond acceptors (Lipinski definition) is 3. The van der Waals surface area contributed by atoms with Crippen LogP contribution < -0.4 is 5.73 Å². The van der Waals surface area contributed by atoms with Gasteiger partial charge in [-0.1, -0.05) is 5.16 Å². The molecule has 0 unspecified atom stereocenters. The van der Waals surface area contributed by atoms with Crippen LogP contribution in [0.2, 0.25) is 0 Å². The molecule has 6 heavy (non-hydrogen) atoms. The molecule has 4 heteroatoms. The first-order valence-electron chi connectivity index (χ1n) is 1.29. The van der Waals surface area contributed by atoms with E-state index in [1.807, 2.05) is 0 Å². The van der Waals surface area contributed by atoms with Gasteiger partial charge in [-0.15, -0.1) is 0 Å². The molecule has 0 spiro atoms. The molecule has 0 fully saturated rings. The molecule has 0 aromatic heterocycles. The van der Waals surface area contributed by atoms with Crippen molar-refractivity contribution in [3.63, 3.8) is 0 Å². The van der Waals surface area contributed by atoms with Crippen molar-refractivity contribution in [3.8, 4) is 0 Å². The largest absolute Gasteiger partial charge is 0.409 e. The Hall–Kier alpha value is -1.06. The number of nitrogens with two attached hydrogens (primary N) is 1. The molecular formula is C2H5N3O. The lowest BCUT2D eigenvalue weighted by molar-refractivity contribution is 0.319. The summed E-state index contributed by atoms with van der Waals surface area (Å²) >= 11 is 0. The number of nitrogens with zero attached hydrogens (tertiary/aromatic N) is 1. The van der Waals surface area contributed by atoms with Gasteiger partial charge in [0, 0.05) is 0 Å². The smallest absolute Gasteiger partial charge is 0.180 e. The summed E-state index contributed by atoms with van der Waals surface area (Å²) in [6, 6.07) is 0. The summed E-state index contributed by atoms with van der Waals surface area (Å²) in [5.74, 6) is -0.185. The Bertz CT molecular complexity index is 76.9. The van der Waals surface area contributed by atoms with Crippen molar-refractivity contribution < 1.29 is 5.21 Å². The minimum Gasteiger partial charge on any atom is -0.409 e.